The highest BCUT2D eigenvalue weighted by Crippen LogP contribution is 2.25. The number of benzene rings is 1. The highest BCUT2D eigenvalue weighted by molar-refractivity contribution is 14.1. The van der Waals surface area contributed by atoms with Crippen LogP contribution in [0.2, 0.25) is 0 Å². The van der Waals surface area contributed by atoms with Gasteiger partial charge in [0.15, 0.2) is 23.2 Å². The van der Waals surface area contributed by atoms with Gasteiger partial charge in [0.05, 0.1) is 35.1 Å². The third-order valence-corrected chi connectivity index (χ3v) is 5.58. The summed E-state index contributed by atoms with van der Waals surface area (Å²) in [6, 6.07) is 6.78. The summed E-state index contributed by atoms with van der Waals surface area (Å²) < 4.78 is 34.0. The second-order valence-electron chi connectivity index (χ2n) is 7.00. The van der Waals surface area contributed by atoms with E-state index in [1.807, 2.05) is 22.9 Å². The van der Waals surface area contributed by atoms with E-state index in [1.165, 1.54) is 27.2 Å². The lowest BCUT2D eigenvalue weighted by Crippen LogP contribution is -2.28. The zero-order valence-corrected chi connectivity index (χ0v) is 20.2. The summed E-state index contributed by atoms with van der Waals surface area (Å²) in [7, 11) is 1.59. The number of halogens is 3. The number of pyridine rings is 1. The quantitative estimate of drug-likeness (QED) is 0.317. The van der Waals surface area contributed by atoms with Crippen molar-refractivity contribution < 1.29 is 23.1 Å². The molecule has 0 spiro atoms. The number of carbonyl (C=O) groups is 2. The lowest BCUT2D eigenvalue weighted by molar-refractivity contribution is -0.116. The van der Waals surface area contributed by atoms with E-state index in [0.29, 0.717) is 28.4 Å². The van der Waals surface area contributed by atoms with Crippen LogP contribution in [0.25, 0.3) is 11.3 Å². The number of hydrogen-bond donors (Lipinski definition) is 0. The Morgan fingerprint density at radius 3 is 2.61 bits per heavy atom. The molecule has 2 heterocycles. The van der Waals surface area contributed by atoms with Crippen LogP contribution >= 0.6 is 22.9 Å². The molecule has 172 valence electrons. The number of ether oxygens (including phenoxy) is 1. The van der Waals surface area contributed by atoms with Crippen molar-refractivity contribution in [2.45, 2.75) is 13.8 Å². The molecule has 2 aromatic heterocycles. The molecule has 3 rings (SSSR count). The van der Waals surface area contributed by atoms with Gasteiger partial charge in [-0.3, -0.25) is 17.6 Å². The molecule has 0 saturated heterocycles. The molecule has 0 atom stereocenters. The van der Waals surface area contributed by atoms with Crippen molar-refractivity contribution in [1.82, 2.24) is 18.1 Å². The van der Waals surface area contributed by atoms with Crippen molar-refractivity contribution >= 4 is 40.5 Å². The Labute approximate surface area is 203 Å². The number of carbonyl (C=O) groups excluding carboxylic acids is 2. The molecular formula is C22H20F2IN5O3. The summed E-state index contributed by atoms with van der Waals surface area (Å²) in [5.41, 5.74) is 1.28. The summed E-state index contributed by atoms with van der Waals surface area (Å²) in [6.45, 7) is 3.44. The van der Waals surface area contributed by atoms with Crippen LogP contribution in [0.5, 0.6) is 5.75 Å². The molecule has 0 aliphatic rings. The van der Waals surface area contributed by atoms with Crippen LogP contribution in [0.3, 0.4) is 0 Å². The first-order valence-corrected chi connectivity index (χ1v) is 10.7. The molecule has 0 aliphatic carbocycles. The number of hydrogen-bond acceptors (Lipinski definition) is 6. The second-order valence-corrected chi connectivity index (χ2v) is 8.16. The summed E-state index contributed by atoms with van der Waals surface area (Å²) >= 11 is 1.83. The number of nitrogens with zero attached hydrogens (tertiary/aromatic N) is 5. The molecule has 0 unspecified atom stereocenters. The maximum atomic E-state index is 13.7. The predicted molar refractivity (Wildman–Crippen MR) is 126 cm³/mol. The minimum Gasteiger partial charge on any atom is -0.488 e. The van der Waals surface area contributed by atoms with E-state index in [-0.39, 0.29) is 24.9 Å². The first-order chi connectivity index (χ1) is 15.7. The predicted octanol–water partition coefficient (Wildman–Crippen LogP) is 3.98. The standard InChI is InChI=1S/C22H20F2IN5O3/c1-13-12-27-20(28-19(13)15-6-7-16(23)17(24)11-15)22(32)30(25)9-10-33-18-5-4-8-26-21(18)29(3)14(2)31/h4-8,11-12H,9-10H2,1-3H3. The first kappa shape index (κ1) is 24.4. The molecule has 8 nitrogen and oxygen atoms in total. The topological polar surface area (TPSA) is 88.5 Å². The molecule has 33 heavy (non-hydrogen) atoms. The largest absolute Gasteiger partial charge is 0.488 e. The van der Waals surface area contributed by atoms with E-state index in [0.717, 1.165) is 12.1 Å². The molecule has 0 N–H and O–H groups in total. The Kier molecular flexibility index (Phi) is 7.84. The van der Waals surface area contributed by atoms with Gasteiger partial charge >= 0.3 is 0 Å². The summed E-state index contributed by atoms with van der Waals surface area (Å²) in [6.07, 6.45) is 3.01. The van der Waals surface area contributed by atoms with Crippen molar-refractivity contribution in [3.63, 3.8) is 0 Å². The minimum absolute atomic E-state index is 0.0897. The van der Waals surface area contributed by atoms with Crippen LogP contribution in [-0.4, -0.2) is 50.1 Å². The molecule has 1 aromatic carbocycles. The van der Waals surface area contributed by atoms with E-state index in [4.69, 9.17) is 4.74 Å². The maximum absolute atomic E-state index is 13.7. The van der Waals surface area contributed by atoms with Crippen molar-refractivity contribution in [3.8, 4) is 17.0 Å². The molecule has 3 aromatic rings. The van der Waals surface area contributed by atoms with Crippen LogP contribution in [0, 0.1) is 18.6 Å². The van der Waals surface area contributed by atoms with Gasteiger partial charge in [0.2, 0.25) is 11.7 Å². The van der Waals surface area contributed by atoms with Crippen LogP contribution in [0.15, 0.2) is 42.7 Å². The molecule has 11 heteroatoms. The van der Waals surface area contributed by atoms with E-state index in [9.17, 15) is 18.4 Å². The van der Waals surface area contributed by atoms with E-state index in [2.05, 4.69) is 15.0 Å². The van der Waals surface area contributed by atoms with Gasteiger partial charge in [-0.05, 0) is 42.8 Å². The highest BCUT2D eigenvalue weighted by Gasteiger charge is 2.20. The van der Waals surface area contributed by atoms with Gasteiger partial charge in [-0.1, -0.05) is 0 Å². The molecule has 0 radical (unpaired) electrons. The smallest absolute Gasteiger partial charge is 0.300 e. The lowest BCUT2D eigenvalue weighted by atomic mass is 10.1. The Bertz CT molecular complexity index is 1190. The van der Waals surface area contributed by atoms with E-state index in [1.54, 1.807) is 32.3 Å². The average molecular weight is 567 g/mol. The number of anilines is 1. The zero-order valence-electron chi connectivity index (χ0n) is 18.1. The molecule has 0 fully saturated rings. The zero-order chi connectivity index (χ0) is 24.1. The number of aromatic nitrogens is 3. The van der Waals surface area contributed by atoms with Crippen LogP contribution in [0.1, 0.15) is 23.1 Å². The van der Waals surface area contributed by atoms with Gasteiger partial charge < -0.3 is 4.74 Å². The van der Waals surface area contributed by atoms with Crippen LogP contribution in [0.4, 0.5) is 14.6 Å². The van der Waals surface area contributed by atoms with Gasteiger partial charge in [-0.25, -0.2) is 23.7 Å². The van der Waals surface area contributed by atoms with Gasteiger partial charge in [-0.2, -0.15) is 0 Å². The molecular weight excluding hydrogens is 547 g/mol. The highest BCUT2D eigenvalue weighted by atomic mass is 127. The summed E-state index contributed by atoms with van der Waals surface area (Å²) in [5, 5.41) is 0. The van der Waals surface area contributed by atoms with Gasteiger partial charge in [0.1, 0.15) is 6.61 Å². The lowest BCUT2D eigenvalue weighted by Gasteiger charge is -2.19. The Balaban J connectivity index is 1.70. The van der Waals surface area contributed by atoms with E-state index >= 15 is 0 Å². The van der Waals surface area contributed by atoms with Gasteiger partial charge in [0.25, 0.3) is 5.91 Å². The fourth-order valence-corrected chi connectivity index (χ4v) is 3.24. The normalized spacial score (nSPS) is 10.6. The Hall–Kier alpha value is -3.22. The first-order valence-electron chi connectivity index (χ1n) is 9.78. The number of amides is 2. The SMILES string of the molecule is CC(=O)N(C)c1ncccc1OCCN(I)C(=O)c1ncc(C)c(-c2ccc(F)c(F)c2)n1. The van der Waals surface area contributed by atoms with Crippen molar-refractivity contribution in [3.05, 3.63) is 65.7 Å². The van der Waals surface area contributed by atoms with Gasteiger partial charge in [0, 0.05) is 31.9 Å². The monoisotopic (exact) mass is 567 g/mol. The van der Waals surface area contributed by atoms with Gasteiger partial charge in [-0.15, -0.1) is 0 Å². The minimum atomic E-state index is -1.00. The third-order valence-electron chi connectivity index (χ3n) is 4.66. The van der Waals surface area contributed by atoms with Crippen LogP contribution in [-0.2, 0) is 4.79 Å². The van der Waals surface area contributed by atoms with Crippen molar-refractivity contribution in [2.75, 3.05) is 25.1 Å². The molecule has 2 amide bonds. The van der Waals surface area contributed by atoms with Crippen LogP contribution < -0.4 is 9.64 Å². The Morgan fingerprint density at radius 2 is 1.91 bits per heavy atom. The summed E-state index contributed by atoms with van der Waals surface area (Å²) in [4.78, 5) is 38.3. The fourth-order valence-electron chi connectivity index (χ4n) is 2.82. The number of rotatable bonds is 7. The van der Waals surface area contributed by atoms with E-state index < -0.39 is 17.5 Å². The molecule has 0 aliphatic heterocycles. The molecule has 0 saturated carbocycles. The van der Waals surface area contributed by atoms with Crippen molar-refractivity contribution in [2.24, 2.45) is 0 Å². The van der Waals surface area contributed by atoms with Crippen molar-refractivity contribution in [1.29, 1.82) is 0 Å². The fraction of sp³-hybridized carbons (Fsp3) is 0.227. The summed E-state index contributed by atoms with van der Waals surface area (Å²) in [5.74, 6) is -1.96. The second kappa shape index (κ2) is 10.6. The average Bonchev–Trinajstić information content (AvgIpc) is 2.80. The third kappa shape index (κ3) is 5.78. The Morgan fingerprint density at radius 1 is 1.15 bits per heavy atom. The molecule has 0 bridgehead atoms. The maximum Gasteiger partial charge on any atom is 0.300 e. The number of aryl methyl sites for hydroxylation is 1.